The number of nitrogens with zero attached hydrogens (tertiary/aromatic N) is 1. The lowest BCUT2D eigenvalue weighted by molar-refractivity contribution is -0.143. The van der Waals surface area contributed by atoms with Crippen molar-refractivity contribution in [2.24, 2.45) is 11.3 Å². The predicted molar refractivity (Wildman–Crippen MR) is 112 cm³/mol. The molecular formula is C25H29NO2. The number of rotatable bonds is 2. The van der Waals surface area contributed by atoms with Crippen molar-refractivity contribution in [1.29, 1.82) is 0 Å². The highest BCUT2D eigenvalue weighted by molar-refractivity contribution is 5.78. The number of carboxylic acid groups (broad SMARTS) is 1. The normalized spacial score (nSPS) is 32.3. The van der Waals surface area contributed by atoms with Crippen molar-refractivity contribution >= 4 is 11.5 Å². The third kappa shape index (κ3) is 3.16. The fourth-order valence-electron chi connectivity index (χ4n) is 5.88. The molecule has 1 spiro atoms. The van der Waals surface area contributed by atoms with Gasteiger partial charge in [-0.1, -0.05) is 48.6 Å². The van der Waals surface area contributed by atoms with Crippen molar-refractivity contribution in [1.82, 2.24) is 4.90 Å². The van der Waals surface area contributed by atoms with Gasteiger partial charge in [-0.15, -0.1) is 0 Å². The Bertz CT molecular complexity index is 880. The number of carbonyl (C=O) groups is 1. The number of hydrogen-bond acceptors (Lipinski definition) is 2. The Labute approximate surface area is 167 Å². The topological polar surface area (TPSA) is 40.5 Å². The molecule has 28 heavy (non-hydrogen) atoms. The highest BCUT2D eigenvalue weighted by Crippen LogP contribution is 2.51. The summed E-state index contributed by atoms with van der Waals surface area (Å²) >= 11 is 0. The molecule has 3 atom stereocenters. The summed E-state index contributed by atoms with van der Waals surface area (Å²) in [4.78, 5) is 13.9. The van der Waals surface area contributed by atoms with E-state index in [2.05, 4.69) is 53.5 Å². The van der Waals surface area contributed by atoms with E-state index < -0.39 is 5.97 Å². The Morgan fingerprint density at radius 2 is 2.07 bits per heavy atom. The van der Waals surface area contributed by atoms with Crippen LogP contribution in [0.2, 0.25) is 0 Å². The van der Waals surface area contributed by atoms with Gasteiger partial charge in [0.05, 0.1) is 5.92 Å². The van der Waals surface area contributed by atoms with Crippen LogP contribution in [0.1, 0.15) is 49.7 Å². The first-order chi connectivity index (χ1) is 13.6. The molecule has 0 amide bonds. The highest BCUT2D eigenvalue weighted by Gasteiger charge is 2.43. The number of aliphatic carboxylic acids is 1. The van der Waals surface area contributed by atoms with Crippen molar-refractivity contribution in [3.8, 4) is 0 Å². The molecule has 146 valence electrons. The van der Waals surface area contributed by atoms with E-state index in [9.17, 15) is 9.90 Å². The van der Waals surface area contributed by atoms with E-state index in [1.54, 1.807) is 0 Å². The smallest absolute Gasteiger partial charge is 0.307 e. The third-order valence-corrected chi connectivity index (χ3v) is 7.41. The second-order valence-corrected chi connectivity index (χ2v) is 9.14. The quantitative estimate of drug-likeness (QED) is 0.803. The first-order valence-electron chi connectivity index (χ1n) is 10.8. The van der Waals surface area contributed by atoms with E-state index in [1.165, 1.54) is 41.5 Å². The van der Waals surface area contributed by atoms with Gasteiger partial charge in [-0.25, -0.2) is 0 Å². The molecule has 3 aliphatic carbocycles. The Morgan fingerprint density at radius 3 is 2.96 bits per heavy atom. The number of piperidine rings is 1. The van der Waals surface area contributed by atoms with Crippen LogP contribution in [0, 0.1) is 11.3 Å². The number of carboxylic acids is 1. The van der Waals surface area contributed by atoms with Crippen LogP contribution in [0.3, 0.4) is 0 Å². The summed E-state index contributed by atoms with van der Waals surface area (Å²) in [5.41, 5.74) is 5.99. The molecule has 3 unspecified atom stereocenters. The molecule has 1 aromatic carbocycles. The molecule has 3 heteroatoms. The van der Waals surface area contributed by atoms with Crippen molar-refractivity contribution in [3.05, 3.63) is 65.3 Å². The van der Waals surface area contributed by atoms with Gasteiger partial charge in [-0.05, 0) is 79.2 Å². The monoisotopic (exact) mass is 375 g/mol. The number of allylic oxidation sites excluding steroid dienone is 6. The maximum absolute atomic E-state index is 11.5. The average molecular weight is 376 g/mol. The first-order valence-corrected chi connectivity index (χ1v) is 10.8. The molecule has 0 bridgehead atoms. The Kier molecular flexibility index (Phi) is 4.51. The lowest BCUT2D eigenvalue weighted by atomic mass is 9.73. The molecule has 1 aliphatic heterocycles. The summed E-state index contributed by atoms with van der Waals surface area (Å²) in [6, 6.07) is 9.40. The lowest BCUT2D eigenvalue weighted by Gasteiger charge is -2.37. The molecular weight excluding hydrogens is 346 g/mol. The van der Waals surface area contributed by atoms with Gasteiger partial charge in [0.1, 0.15) is 0 Å². The Morgan fingerprint density at radius 1 is 1.18 bits per heavy atom. The van der Waals surface area contributed by atoms with Crippen molar-refractivity contribution < 1.29 is 9.90 Å². The summed E-state index contributed by atoms with van der Waals surface area (Å²) in [6.45, 7) is 1.80. The summed E-state index contributed by atoms with van der Waals surface area (Å²) in [6.07, 6.45) is 17.0. The number of fused-ring (bicyclic) bond motifs is 2. The van der Waals surface area contributed by atoms with Crippen LogP contribution < -0.4 is 0 Å². The summed E-state index contributed by atoms with van der Waals surface area (Å²) in [5.74, 6) is -0.799. The molecule has 4 aliphatic rings. The van der Waals surface area contributed by atoms with E-state index in [4.69, 9.17) is 0 Å². The fourth-order valence-corrected chi connectivity index (χ4v) is 5.88. The minimum Gasteiger partial charge on any atom is -0.481 e. The first kappa shape index (κ1) is 17.9. The predicted octanol–water partition coefficient (Wildman–Crippen LogP) is 4.85. The Hall–Kier alpha value is -2.13. The molecule has 5 rings (SSSR count). The Balaban J connectivity index is 1.37. The second-order valence-electron chi connectivity index (χ2n) is 9.14. The van der Waals surface area contributed by atoms with E-state index in [-0.39, 0.29) is 11.3 Å². The average Bonchev–Trinajstić information content (AvgIpc) is 3.04. The molecule has 1 saturated carbocycles. The van der Waals surface area contributed by atoms with Crippen LogP contribution in [0.25, 0.3) is 5.57 Å². The zero-order valence-corrected chi connectivity index (χ0v) is 16.4. The van der Waals surface area contributed by atoms with Crippen LogP contribution in [0.5, 0.6) is 0 Å². The minimum atomic E-state index is -0.619. The minimum absolute atomic E-state index is 0.180. The van der Waals surface area contributed by atoms with Gasteiger partial charge < -0.3 is 5.11 Å². The molecule has 3 nitrogen and oxygen atoms in total. The van der Waals surface area contributed by atoms with E-state index >= 15 is 0 Å². The third-order valence-electron chi connectivity index (χ3n) is 7.41. The van der Waals surface area contributed by atoms with Crippen LogP contribution in [0.15, 0.2) is 54.1 Å². The van der Waals surface area contributed by atoms with Crippen LogP contribution in [-0.4, -0.2) is 35.1 Å². The maximum atomic E-state index is 11.5. The van der Waals surface area contributed by atoms with Gasteiger partial charge in [0.25, 0.3) is 0 Å². The standard InChI is InChI=1S/C25H29NO2/c27-24(28)20-8-4-14-26(17-20)21-11-13-25(15-21)12-10-19-7-3-6-18-5-1-2-9-22(18)23(19)16-25/h1-3,5,7,9-10,12,20-21H,4,6,8,11,13-17H2,(H,27,28). The van der Waals surface area contributed by atoms with Gasteiger partial charge in [0, 0.05) is 12.6 Å². The summed E-state index contributed by atoms with van der Waals surface area (Å²) in [5, 5.41) is 9.44. The summed E-state index contributed by atoms with van der Waals surface area (Å²) < 4.78 is 0. The molecule has 1 N–H and O–H groups in total. The molecule has 1 heterocycles. The van der Waals surface area contributed by atoms with E-state index in [0.717, 1.165) is 38.8 Å². The number of likely N-dealkylation sites (tertiary alicyclic amines) is 1. The van der Waals surface area contributed by atoms with Gasteiger partial charge in [-0.2, -0.15) is 0 Å². The number of hydrogen-bond donors (Lipinski definition) is 1. The lowest BCUT2D eigenvalue weighted by Crippen LogP contribution is -2.44. The van der Waals surface area contributed by atoms with E-state index in [1.807, 2.05) is 0 Å². The molecule has 1 aromatic rings. The maximum Gasteiger partial charge on any atom is 0.307 e. The van der Waals surface area contributed by atoms with E-state index in [0.29, 0.717) is 6.04 Å². The van der Waals surface area contributed by atoms with Crippen LogP contribution in [-0.2, 0) is 11.2 Å². The zero-order valence-electron chi connectivity index (χ0n) is 16.4. The fraction of sp³-hybridized carbons (Fsp3) is 0.480. The highest BCUT2D eigenvalue weighted by atomic mass is 16.4. The zero-order chi connectivity index (χ0) is 19.1. The SMILES string of the molecule is O=C(O)C1CCCN(C2CCC3(C=CC4=C(C3)c3ccccc3CC=C4)C2)C1. The molecule has 0 aromatic heterocycles. The van der Waals surface area contributed by atoms with Gasteiger partial charge in [0.15, 0.2) is 0 Å². The molecule has 0 radical (unpaired) electrons. The van der Waals surface area contributed by atoms with Gasteiger partial charge >= 0.3 is 5.97 Å². The van der Waals surface area contributed by atoms with Crippen LogP contribution in [0.4, 0.5) is 0 Å². The molecule has 1 saturated heterocycles. The van der Waals surface area contributed by atoms with Gasteiger partial charge in [-0.3, -0.25) is 9.69 Å². The second kappa shape index (κ2) is 7.04. The van der Waals surface area contributed by atoms with Crippen molar-refractivity contribution in [3.63, 3.8) is 0 Å². The van der Waals surface area contributed by atoms with Crippen molar-refractivity contribution in [2.75, 3.05) is 13.1 Å². The largest absolute Gasteiger partial charge is 0.481 e. The van der Waals surface area contributed by atoms with Crippen LogP contribution >= 0.6 is 0 Å². The van der Waals surface area contributed by atoms with Gasteiger partial charge in [0.2, 0.25) is 0 Å². The molecule has 2 fully saturated rings. The van der Waals surface area contributed by atoms with Crippen molar-refractivity contribution in [2.45, 2.75) is 51.0 Å². The number of benzene rings is 1. The summed E-state index contributed by atoms with van der Waals surface area (Å²) in [7, 11) is 0.